The summed E-state index contributed by atoms with van der Waals surface area (Å²) in [6.45, 7) is 8.40. The van der Waals surface area contributed by atoms with E-state index in [0.717, 1.165) is 0 Å². The van der Waals surface area contributed by atoms with Gasteiger partial charge in [-0.25, -0.2) is 18.4 Å². The van der Waals surface area contributed by atoms with E-state index < -0.39 is 51.5 Å². The van der Waals surface area contributed by atoms with Crippen LogP contribution >= 0.6 is 11.6 Å². The number of carbonyl (C=O) groups excluding carboxylic acids is 3. The number of rotatable bonds is 7. The van der Waals surface area contributed by atoms with Gasteiger partial charge < -0.3 is 20.1 Å². The lowest BCUT2D eigenvalue weighted by Crippen LogP contribution is -2.51. The van der Waals surface area contributed by atoms with Gasteiger partial charge in [-0.2, -0.15) is 0 Å². The second-order valence-electron chi connectivity index (χ2n) is 10.4. The number of nitrogens with zero attached hydrogens (tertiary/aromatic N) is 1. The molecule has 1 aliphatic heterocycles. The maximum atomic E-state index is 13.8. The second-order valence-corrected chi connectivity index (χ2v) is 12.4. The molecule has 0 spiro atoms. The molecule has 3 unspecified atom stereocenters. The van der Waals surface area contributed by atoms with Crippen molar-refractivity contribution in [1.82, 2.24) is 4.90 Å². The lowest BCUT2D eigenvalue weighted by Gasteiger charge is -2.32. The maximum absolute atomic E-state index is 13.8. The lowest BCUT2D eigenvalue weighted by atomic mass is 9.94. The van der Waals surface area contributed by atoms with Crippen LogP contribution < -0.4 is 15.6 Å². The number of esters is 1. The Hall–Kier alpha value is -2.99. The van der Waals surface area contributed by atoms with Gasteiger partial charge in [0.05, 0.1) is 4.90 Å². The third kappa shape index (κ3) is 6.71. The molecule has 0 aromatic heterocycles. The molecule has 10 nitrogen and oxygen atoms in total. The number of nitrogens with two attached hydrogens (primary N) is 2. The van der Waals surface area contributed by atoms with Crippen molar-refractivity contribution in [2.75, 3.05) is 0 Å². The van der Waals surface area contributed by atoms with E-state index in [-0.39, 0.29) is 33.7 Å². The van der Waals surface area contributed by atoms with Crippen molar-refractivity contribution >= 4 is 39.3 Å². The molecule has 3 rings (SSSR count). The summed E-state index contributed by atoms with van der Waals surface area (Å²) < 4.78 is 34.7. The summed E-state index contributed by atoms with van der Waals surface area (Å²) in [5, 5.41) is 5.48. The number of ether oxygens (including phenoxy) is 2. The molecular formula is C26H32ClN3O7S. The molecule has 38 heavy (non-hydrogen) atoms. The summed E-state index contributed by atoms with van der Waals surface area (Å²) in [6, 6.07) is 7.14. The Morgan fingerprint density at radius 3 is 2.26 bits per heavy atom. The van der Waals surface area contributed by atoms with E-state index in [1.165, 1.54) is 35.2 Å². The first-order valence-electron chi connectivity index (χ1n) is 11.9. The first-order chi connectivity index (χ1) is 17.5. The summed E-state index contributed by atoms with van der Waals surface area (Å²) in [6.07, 6.45) is -0.964. The minimum absolute atomic E-state index is 0.108. The molecule has 1 amide bonds. The highest BCUT2D eigenvalue weighted by Gasteiger charge is 2.45. The van der Waals surface area contributed by atoms with Gasteiger partial charge in [0.25, 0.3) is 5.91 Å². The van der Waals surface area contributed by atoms with E-state index in [4.69, 9.17) is 31.9 Å². The van der Waals surface area contributed by atoms with Crippen LogP contribution in [0.4, 0.5) is 0 Å². The molecule has 0 saturated heterocycles. The first kappa shape index (κ1) is 29.6. The summed E-state index contributed by atoms with van der Waals surface area (Å²) in [5.41, 5.74) is 5.96. The molecule has 2 aromatic carbocycles. The fourth-order valence-electron chi connectivity index (χ4n) is 4.02. The van der Waals surface area contributed by atoms with Crippen molar-refractivity contribution in [2.45, 2.75) is 69.8 Å². The predicted octanol–water partition coefficient (Wildman–Crippen LogP) is 2.71. The Balaban J connectivity index is 2.15. The Labute approximate surface area is 227 Å². The van der Waals surface area contributed by atoms with Crippen molar-refractivity contribution in [2.24, 2.45) is 16.8 Å². The summed E-state index contributed by atoms with van der Waals surface area (Å²) in [7, 11) is -3.93. The van der Waals surface area contributed by atoms with E-state index in [9.17, 15) is 22.8 Å². The van der Waals surface area contributed by atoms with E-state index >= 15 is 0 Å². The third-order valence-electron chi connectivity index (χ3n) is 5.81. The molecule has 12 heteroatoms. The van der Waals surface area contributed by atoms with Gasteiger partial charge in [0, 0.05) is 17.1 Å². The van der Waals surface area contributed by atoms with Crippen molar-refractivity contribution < 1.29 is 32.3 Å². The topological polar surface area (TPSA) is 159 Å². The van der Waals surface area contributed by atoms with E-state index in [2.05, 4.69) is 0 Å². The Morgan fingerprint density at radius 1 is 1.13 bits per heavy atom. The highest BCUT2D eigenvalue weighted by molar-refractivity contribution is 7.89. The highest BCUT2D eigenvalue weighted by atomic mass is 35.5. The predicted molar refractivity (Wildman–Crippen MR) is 141 cm³/mol. The van der Waals surface area contributed by atoms with Crippen molar-refractivity contribution in [3.63, 3.8) is 0 Å². The van der Waals surface area contributed by atoms with Gasteiger partial charge in [0.1, 0.15) is 17.4 Å². The van der Waals surface area contributed by atoms with Crippen LogP contribution in [0.5, 0.6) is 5.75 Å². The smallest absolute Gasteiger partial charge is 0.331 e. The molecule has 0 radical (unpaired) electrons. The molecule has 0 saturated carbocycles. The van der Waals surface area contributed by atoms with Crippen LogP contribution in [0.15, 0.2) is 47.4 Å². The Kier molecular flexibility index (Phi) is 8.57. The largest absolute Gasteiger partial charge is 0.480 e. The van der Waals surface area contributed by atoms with Gasteiger partial charge in [-0.1, -0.05) is 37.6 Å². The third-order valence-corrected chi connectivity index (χ3v) is 6.97. The second kappa shape index (κ2) is 11.0. The zero-order chi connectivity index (χ0) is 28.6. The number of primary sulfonamides is 1. The van der Waals surface area contributed by atoms with Gasteiger partial charge in [0.15, 0.2) is 17.9 Å². The molecular weight excluding hydrogens is 534 g/mol. The number of hydrogen-bond donors (Lipinski definition) is 2. The number of halogens is 1. The number of hydrogen-bond acceptors (Lipinski definition) is 8. The number of fused-ring (bicyclic) bond motifs is 1. The summed E-state index contributed by atoms with van der Waals surface area (Å²) in [5.74, 6) is -2.28. The summed E-state index contributed by atoms with van der Waals surface area (Å²) in [4.78, 5) is 41.6. The van der Waals surface area contributed by atoms with Crippen LogP contribution in [0.3, 0.4) is 0 Å². The van der Waals surface area contributed by atoms with E-state index in [1.807, 2.05) is 0 Å². The quantitative estimate of drug-likeness (QED) is 0.383. The monoisotopic (exact) mass is 565 g/mol. The summed E-state index contributed by atoms with van der Waals surface area (Å²) >= 11 is 6.27. The lowest BCUT2D eigenvalue weighted by molar-refractivity contribution is -0.160. The van der Waals surface area contributed by atoms with Crippen molar-refractivity contribution in [3.8, 4) is 5.75 Å². The number of sulfonamides is 1. The maximum Gasteiger partial charge on any atom is 0.331 e. The molecule has 0 bridgehead atoms. The number of amides is 1. The van der Waals surface area contributed by atoms with Gasteiger partial charge in [-0.05, 0) is 62.6 Å². The molecule has 4 N–H and O–H groups in total. The molecule has 0 fully saturated rings. The van der Waals surface area contributed by atoms with Crippen LogP contribution in [0.2, 0.25) is 5.02 Å². The average molecular weight is 566 g/mol. The van der Waals surface area contributed by atoms with E-state index in [1.54, 1.807) is 46.8 Å². The van der Waals surface area contributed by atoms with Crippen LogP contribution in [0.25, 0.3) is 0 Å². The van der Waals surface area contributed by atoms with Gasteiger partial charge in [-0.15, -0.1) is 0 Å². The minimum atomic E-state index is -3.93. The number of carbonyl (C=O) groups is 3. The van der Waals surface area contributed by atoms with Crippen LogP contribution in [0.1, 0.15) is 51.8 Å². The average Bonchev–Trinajstić information content (AvgIpc) is 2.91. The van der Waals surface area contributed by atoms with Gasteiger partial charge in [0.2, 0.25) is 10.0 Å². The van der Waals surface area contributed by atoms with Gasteiger partial charge >= 0.3 is 5.97 Å². The highest BCUT2D eigenvalue weighted by Crippen LogP contribution is 2.39. The fourth-order valence-corrected chi connectivity index (χ4v) is 4.71. The van der Waals surface area contributed by atoms with Crippen molar-refractivity contribution in [3.05, 3.63) is 58.6 Å². The standard InChI is InChI=1S/C26H32ClN3O7S/c1-14(2)23-24(32)30(13-15-6-9-17(10-7-15)38(29,34)35)21(18-12-16(27)8-11-19(18)36-23)22(31)20(28)25(33)37-26(3,4)5/h6-12,14,20-21,23H,13,28H2,1-5H3,(H2,29,34,35). The molecule has 1 aliphatic rings. The molecule has 2 aromatic rings. The van der Waals surface area contributed by atoms with Gasteiger partial charge in [-0.3, -0.25) is 9.59 Å². The Morgan fingerprint density at radius 2 is 1.74 bits per heavy atom. The fraction of sp³-hybridized carbons (Fsp3) is 0.423. The van der Waals surface area contributed by atoms with E-state index in [0.29, 0.717) is 5.56 Å². The SMILES string of the molecule is CC(C)C1Oc2ccc(Cl)cc2C(C(=O)C(N)C(=O)OC(C)(C)C)N(Cc2ccc(S(N)(=O)=O)cc2)C1=O. The molecule has 3 atom stereocenters. The Bertz CT molecular complexity index is 1340. The minimum Gasteiger partial charge on any atom is -0.480 e. The van der Waals surface area contributed by atoms with Crippen LogP contribution in [-0.4, -0.2) is 48.7 Å². The zero-order valence-electron chi connectivity index (χ0n) is 21.8. The van der Waals surface area contributed by atoms with Crippen molar-refractivity contribution in [1.29, 1.82) is 0 Å². The number of ketones is 1. The number of benzene rings is 2. The first-order valence-corrected chi connectivity index (χ1v) is 13.8. The molecule has 1 heterocycles. The van der Waals surface area contributed by atoms with Crippen LogP contribution in [-0.2, 0) is 35.7 Å². The van der Waals surface area contributed by atoms with Crippen LogP contribution in [0, 0.1) is 5.92 Å². The molecule has 206 valence electrons. The number of Topliss-reactive ketones (excluding diaryl/α,β-unsaturated/α-hetero) is 1. The molecule has 0 aliphatic carbocycles. The normalized spacial score (nSPS) is 18.9. The zero-order valence-corrected chi connectivity index (χ0v) is 23.4.